The number of aliphatic hydroxyl groups is 2. The van der Waals surface area contributed by atoms with E-state index in [4.69, 9.17) is 45.2 Å². The maximum absolute atomic E-state index is 9.01. The molecule has 1 aromatic heterocycles. The van der Waals surface area contributed by atoms with Crippen LogP contribution in [0.1, 0.15) is 18.7 Å². The Kier molecular flexibility index (Phi) is 10.5. The molecule has 1 aliphatic rings. The van der Waals surface area contributed by atoms with Gasteiger partial charge < -0.3 is 45.2 Å². The number of carboxylic acid groups (broad SMARTS) is 2. The largest absolute Gasteiger partial charge is 0.565 e. The number of aliphatic hydroxyl groups excluding tert-OH is 2. The smallest absolute Gasteiger partial charge is 0.271 e. The molecule has 1 aliphatic heterocycles. The number of nitrogens with two attached hydrogens (primary N) is 1. The van der Waals surface area contributed by atoms with Crippen molar-refractivity contribution in [2.24, 2.45) is 5.73 Å². The number of ether oxygens (including phenoxy) is 3. The highest BCUT2D eigenvalue weighted by Gasteiger charge is 2.28. The summed E-state index contributed by atoms with van der Waals surface area (Å²) < 4.78 is 21.3. The molecule has 11 nitrogen and oxygen atoms in total. The maximum atomic E-state index is 9.01. The third-order valence-corrected chi connectivity index (χ3v) is 4.80. The molecule has 2 aromatic rings. The standard InChI is InChI=1S/C19H30N3O5.CH2O3/c20-13-19-21(5-9-25-10-6-23)17-4-3-15(27-11-7-24)12-18(17)22(19)14-16-2-1-8-26-16;2-1(3)4/h3-4,12,16,23-24H,1-2,5-11,13-14,20H2;(H2,2,3,4)/q+1;/p-1/t16-;/m0./s1. The number of nitrogens with zero attached hydrogens (tertiary/aromatic N) is 2. The summed E-state index contributed by atoms with van der Waals surface area (Å²) >= 11 is 0. The molecule has 1 atom stereocenters. The molecule has 1 saturated heterocycles. The monoisotopic (exact) mass is 441 g/mol. The van der Waals surface area contributed by atoms with Crippen LogP contribution >= 0.6 is 0 Å². The van der Waals surface area contributed by atoms with Gasteiger partial charge in [-0.05, 0) is 25.0 Å². The molecule has 0 aliphatic carbocycles. The summed E-state index contributed by atoms with van der Waals surface area (Å²) in [5.74, 6) is 1.72. The van der Waals surface area contributed by atoms with E-state index in [9.17, 15) is 0 Å². The van der Waals surface area contributed by atoms with E-state index in [1.54, 1.807) is 0 Å². The first kappa shape index (κ1) is 24.8. The number of imidazole rings is 1. The van der Waals surface area contributed by atoms with Gasteiger partial charge >= 0.3 is 0 Å². The molecule has 31 heavy (non-hydrogen) atoms. The quantitative estimate of drug-likeness (QED) is 0.249. The maximum Gasteiger partial charge on any atom is 0.271 e. The number of rotatable bonds is 11. The molecule has 1 aromatic carbocycles. The SMILES string of the molecule is NCc1n(C[C@@H]2CCCO2)c2cc(OCCO)ccc2[n+]1CCOCCO.O=C([O-])O. The van der Waals surface area contributed by atoms with Crippen molar-refractivity contribution in [2.75, 3.05) is 39.6 Å². The highest BCUT2D eigenvalue weighted by Crippen LogP contribution is 2.24. The second kappa shape index (κ2) is 13.1. The molecule has 0 spiro atoms. The Labute approximate surface area is 180 Å². The van der Waals surface area contributed by atoms with Crippen LogP contribution in [-0.2, 0) is 29.1 Å². The van der Waals surface area contributed by atoms with E-state index in [1.807, 2.05) is 18.2 Å². The van der Waals surface area contributed by atoms with Gasteiger partial charge in [0.25, 0.3) is 5.82 Å². The molecular formula is C20H31N3O8. The Morgan fingerprint density at radius 3 is 2.65 bits per heavy atom. The van der Waals surface area contributed by atoms with Crippen LogP contribution in [0.25, 0.3) is 11.0 Å². The van der Waals surface area contributed by atoms with Gasteiger partial charge in [-0.3, -0.25) is 0 Å². The second-order valence-electron chi connectivity index (χ2n) is 6.84. The van der Waals surface area contributed by atoms with Crippen LogP contribution < -0.4 is 20.1 Å². The van der Waals surface area contributed by atoms with E-state index in [0.29, 0.717) is 26.3 Å². The van der Waals surface area contributed by atoms with Gasteiger partial charge in [-0.15, -0.1) is 0 Å². The Morgan fingerprint density at radius 1 is 1.29 bits per heavy atom. The van der Waals surface area contributed by atoms with Gasteiger partial charge in [0, 0.05) is 12.7 Å². The normalized spacial score (nSPS) is 15.6. The number of fused-ring (bicyclic) bond motifs is 1. The van der Waals surface area contributed by atoms with Crippen LogP contribution in [0, 0.1) is 0 Å². The number of carbonyl (C=O) groups is 1. The average Bonchev–Trinajstić information content (AvgIpc) is 3.36. The van der Waals surface area contributed by atoms with Gasteiger partial charge in [-0.2, -0.15) is 0 Å². The number of hydrogen-bond acceptors (Lipinski definition) is 8. The van der Waals surface area contributed by atoms with Gasteiger partial charge in [-0.25, -0.2) is 9.13 Å². The van der Waals surface area contributed by atoms with Crippen molar-refractivity contribution < 1.29 is 44.0 Å². The Hall–Kier alpha value is -2.44. The fourth-order valence-electron chi connectivity index (χ4n) is 3.61. The van der Waals surface area contributed by atoms with Crippen LogP contribution in [0.15, 0.2) is 18.2 Å². The lowest BCUT2D eigenvalue weighted by Crippen LogP contribution is -2.41. The first-order valence-corrected chi connectivity index (χ1v) is 10.2. The number of hydrogen-bond donors (Lipinski definition) is 4. The van der Waals surface area contributed by atoms with E-state index in [1.165, 1.54) is 0 Å². The predicted molar refractivity (Wildman–Crippen MR) is 108 cm³/mol. The van der Waals surface area contributed by atoms with Gasteiger partial charge in [-0.1, -0.05) is 0 Å². The lowest BCUT2D eigenvalue weighted by Gasteiger charge is -2.09. The Bertz CT molecular complexity index is 816. The predicted octanol–water partition coefficient (Wildman–Crippen LogP) is -1.17. The van der Waals surface area contributed by atoms with E-state index >= 15 is 0 Å². The van der Waals surface area contributed by atoms with Crippen molar-refractivity contribution in [3.63, 3.8) is 0 Å². The minimum Gasteiger partial charge on any atom is -0.565 e. The summed E-state index contributed by atoms with van der Waals surface area (Å²) in [7, 11) is 0. The molecule has 1 fully saturated rings. The van der Waals surface area contributed by atoms with Crippen LogP contribution in [0.5, 0.6) is 5.75 Å². The molecule has 5 N–H and O–H groups in total. The average molecular weight is 441 g/mol. The molecule has 0 amide bonds. The first-order chi connectivity index (χ1) is 15.0. The minimum absolute atomic E-state index is 0.0146. The number of aromatic nitrogens is 2. The summed E-state index contributed by atoms with van der Waals surface area (Å²) in [5, 5.41) is 33.2. The van der Waals surface area contributed by atoms with Crippen molar-refractivity contribution in [3.8, 4) is 5.75 Å². The zero-order valence-corrected chi connectivity index (χ0v) is 17.4. The van der Waals surface area contributed by atoms with Crippen LogP contribution in [0.4, 0.5) is 4.79 Å². The third kappa shape index (κ3) is 7.33. The lowest BCUT2D eigenvalue weighted by molar-refractivity contribution is -0.681. The molecule has 3 rings (SSSR count). The van der Waals surface area contributed by atoms with Gasteiger partial charge in [0.2, 0.25) is 6.16 Å². The summed E-state index contributed by atoms with van der Waals surface area (Å²) in [5.41, 5.74) is 8.19. The molecule has 174 valence electrons. The fourth-order valence-corrected chi connectivity index (χ4v) is 3.61. The van der Waals surface area contributed by atoms with Crippen molar-refractivity contribution >= 4 is 17.2 Å². The molecule has 0 radical (unpaired) electrons. The van der Waals surface area contributed by atoms with Gasteiger partial charge in [0.05, 0.1) is 39.1 Å². The van der Waals surface area contributed by atoms with E-state index in [0.717, 1.165) is 48.6 Å². The molecule has 11 heteroatoms. The number of benzene rings is 1. The molecule has 0 unspecified atom stereocenters. The highest BCUT2D eigenvalue weighted by atomic mass is 16.6. The zero-order valence-electron chi connectivity index (χ0n) is 17.4. The lowest BCUT2D eigenvalue weighted by atomic mass is 10.2. The zero-order chi connectivity index (χ0) is 22.6. The van der Waals surface area contributed by atoms with Gasteiger partial charge in [0.15, 0.2) is 11.0 Å². The molecule has 0 saturated carbocycles. The van der Waals surface area contributed by atoms with Crippen LogP contribution in [0.2, 0.25) is 0 Å². The van der Waals surface area contributed by atoms with Gasteiger partial charge in [0.1, 0.15) is 25.4 Å². The summed E-state index contributed by atoms with van der Waals surface area (Å²) in [4.78, 5) is 8.44. The highest BCUT2D eigenvalue weighted by molar-refractivity contribution is 5.74. The van der Waals surface area contributed by atoms with Crippen molar-refractivity contribution in [1.29, 1.82) is 0 Å². The van der Waals surface area contributed by atoms with Crippen molar-refractivity contribution in [2.45, 2.75) is 38.6 Å². The topological polar surface area (TPSA) is 163 Å². The minimum atomic E-state index is -2.08. The first-order valence-electron chi connectivity index (χ1n) is 10.2. The molecule has 2 heterocycles. The van der Waals surface area contributed by atoms with Crippen molar-refractivity contribution in [1.82, 2.24) is 4.57 Å². The molecule has 0 bridgehead atoms. The Morgan fingerprint density at radius 2 is 2.03 bits per heavy atom. The summed E-state index contributed by atoms with van der Waals surface area (Å²) in [6.45, 7) is 3.68. The van der Waals surface area contributed by atoms with E-state index < -0.39 is 6.16 Å². The van der Waals surface area contributed by atoms with Crippen molar-refractivity contribution in [3.05, 3.63) is 24.0 Å². The third-order valence-electron chi connectivity index (χ3n) is 4.80. The van der Waals surface area contributed by atoms with E-state index in [2.05, 4.69) is 9.13 Å². The fraction of sp³-hybridized carbons (Fsp3) is 0.600. The summed E-state index contributed by atoms with van der Waals surface area (Å²) in [6.07, 6.45) is 0.234. The van der Waals surface area contributed by atoms with Crippen LogP contribution in [-0.4, -0.2) is 71.8 Å². The molecular weight excluding hydrogens is 410 g/mol. The Balaban J connectivity index is 0.000000785. The van der Waals surface area contributed by atoms with Crippen LogP contribution in [0.3, 0.4) is 0 Å². The summed E-state index contributed by atoms with van der Waals surface area (Å²) in [6, 6.07) is 5.91. The van der Waals surface area contributed by atoms with E-state index in [-0.39, 0.29) is 25.9 Å². The second-order valence-corrected chi connectivity index (χ2v) is 6.84.